The highest BCUT2D eigenvalue weighted by molar-refractivity contribution is 5.75. The number of fused-ring (bicyclic) bond motifs is 3. The van der Waals surface area contributed by atoms with Crippen LogP contribution in [0.5, 0.6) is 5.88 Å². The molecule has 4 rings (SSSR count). The van der Waals surface area contributed by atoms with Gasteiger partial charge in [0.1, 0.15) is 18.8 Å². The number of aryl methyl sites for hydroxylation is 2. The first-order valence-corrected chi connectivity index (χ1v) is 8.92. The average Bonchev–Trinajstić information content (AvgIpc) is 3.13. The highest BCUT2D eigenvalue weighted by Gasteiger charge is 2.25. The fourth-order valence-electron chi connectivity index (χ4n) is 4.11. The summed E-state index contributed by atoms with van der Waals surface area (Å²) in [7, 11) is 2.34. The van der Waals surface area contributed by atoms with Gasteiger partial charge in [0.25, 0.3) is 5.88 Å². The average molecular weight is 315 g/mol. The maximum Gasteiger partial charge on any atom is 0.257 e. The number of nitrogen functional groups attached to an aromatic ring is 1. The zero-order chi connectivity index (χ0) is 15.9. The van der Waals surface area contributed by atoms with Gasteiger partial charge >= 0.3 is 0 Å². The van der Waals surface area contributed by atoms with E-state index >= 15 is 0 Å². The molecular weight excluding hydrogens is 288 g/mol. The third kappa shape index (κ3) is 2.67. The predicted octanol–water partition coefficient (Wildman–Crippen LogP) is 2.41. The molecule has 23 heavy (non-hydrogen) atoms. The highest BCUT2D eigenvalue weighted by atomic mass is 16.5. The second-order valence-electron chi connectivity index (χ2n) is 7.37. The summed E-state index contributed by atoms with van der Waals surface area (Å²) in [5, 5.41) is 4.65. The van der Waals surface area contributed by atoms with Crippen molar-refractivity contribution in [1.29, 1.82) is 0 Å². The zero-order valence-electron chi connectivity index (χ0n) is 14.1. The number of pyridine rings is 1. The molecule has 0 radical (unpaired) electrons. The molecule has 2 aromatic heterocycles. The van der Waals surface area contributed by atoms with E-state index in [2.05, 4.69) is 24.3 Å². The first kappa shape index (κ1) is 14.8. The van der Waals surface area contributed by atoms with Crippen molar-refractivity contribution < 1.29 is 9.22 Å². The van der Waals surface area contributed by atoms with Gasteiger partial charge in [0.2, 0.25) is 0 Å². The van der Waals surface area contributed by atoms with Crippen LogP contribution in [0.2, 0.25) is 0 Å². The van der Waals surface area contributed by atoms with E-state index in [1.54, 1.807) is 0 Å². The van der Waals surface area contributed by atoms with E-state index in [4.69, 9.17) is 10.5 Å². The summed E-state index contributed by atoms with van der Waals surface area (Å²) in [6, 6.07) is 4.28. The molecule has 5 nitrogen and oxygen atoms in total. The van der Waals surface area contributed by atoms with Crippen LogP contribution in [-0.2, 0) is 12.8 Å². The van der Waals surface area contributed by atoms with Crippen LogP contribution in [0.15, 0.2) is 12.1 Å². The molecule has 0 saturated carbocycles. The number of nitrogens with zero attached hydrogens (tertiary/aromatic N) is 3. The van der Waals surface area contributed by atoms with E-state index in [-0.39, 0.29) is 0 Å². The van der Waals surface area contributed by atoms with Gasteiger partial charge in [-0.05, 0) is 50.2 Å². The van der Waals surface area contributed by atoms with Crippen molar-refractivity contribution in [2.45, 2.75) is 38.5 Å². The van der Waals surface area contributed by atoms with Gasteiger partial charge in [-0.2, -0.15) is 0 Å². The molecule has 2 aromatic rings. The van der Waals surface area contributed by atoms with Crippen molar-refractivity contribution in [3.05, 3.63) is 23.4 Å². The number of likely N-dealkylation sites (N-methyl/N-ethyl adjacent to an activating group) is 1. The number of quaternary nitrogens is 1. The summed E-state index contributed by atoms with van der Waals surface area (Å²) in [5.41, 5.74) is 10.6. The van der Waals surface area contributed by atoms with Gasteiger partial charge in [-0.1, -0.05) is 6.07 Å². The minimum Gasteiger partial charge on any atom is -0.469 e. The lowest BCUT2D eigenvalue weighted by atomic mass is 10.1. The van der Waals surface area contributed by atoms with Gasteiger partial charge in [0, 0.05) is 5.69 Å². The SMILES string of the molecule is C[N+]1(CCOc2nn3c4c(ccc3c2N)CCC4)CCCCC1. The summed E-state index contributed by atoms with van der Waals surface area (Å²) in [5.74, 6) is 0.605. The molecular formula is C18H27N4O+. The van der Waals surface area contributed by atoms with Gasteiger partial charge < -0.3 is 15.0 Å². The molecule has 0 spiro atoms. The second kappa shape index (κ2) is 5.71. The van der Waals surface area contributed by atoms with Gasteiger partial charge in [-0.25, -0.2) is 4.52 Å². The monoisotopic (exact) mass is 315 g/mol. The van der Waals surface area contributed by atoms with Crippen molar-refractivity contribution >= 4 is 11.2 Å². The number of aromatic nitrogens is 2. The second-order valence-corrected chi connectivity index (χ2v) is 7.37. The third-order valence-corrected chi connectivity index (χ3v) is 5.62. The Labute approximate surface area is 137 Å². The number of hydrogen-bond donors (Lipinski definition) is 1. The fourth-order valence-corrected chi connectivity index (χ4v) is 4.11. The van der Waals surface area contributed by atoms with Crippen LogP contribution in [0.3, 0.4) is 0 Å². The molecule has 1 saturated heterocycles. The zero-order valence-corrected chi connectivity index (χ0v) is 14.1. The van der Waals surface area contributed by atoms with Crippen LogP contribution in [0.1, 0.15) is 36.9 Å². The Bertz CT molecular complexity index is 715. The molecule has 0 bridgehead atoms. The molecule has 2 aliphatic rings. The molecule has 1 aliphatic carbocycles. The molecule has 0 amide bonds. The van der Waals surface area contributed by atoms with Crippen LogP contribution in [-0.4, -0.2) is 47.4 Å². The van der Waals surface area contributed by atoms with Crippen LogP contribution >= 0.6 is 0 Å². The number of anilines is 1. The molecule has 0 unspecified atom stereocenters. The number of hydrogen-bond acceptors (Lipinski definition) is 3. The number of rotatable bonds is 4. The van der Waals surface area contributed by atoms with E-state index in [0.29, 0.717) is 18.2 Å². The Hall–Kier alpha value is -1.75. The summed E-state index contributed by atoms with van der Waals surface area (Å²) in [4.78, 5) is 0. The summed E-state index contributed by atoms with van der Waals surface area (Å²) in [6.45, 7) is 4.24. The maximum absolute atomic E-state index is 6.27. The first-order chi connectivity index (χ1) is 11.2. The molecule has 3 heterocycles. The lowest BCUT2D eigenvalue weighted by Crippen LogP contribution is -2.50. The van der Waals surface area contributed by atoms with E-state index in [1.165, 1.54) is 50.0 Å². The summed E-state index contributed by atoms with van der Waals surface area (Å²) in [6.07, 6.45) is 7.48. The summed E-state index contributed by atoms with van der Waals surface area (Å²) >= 11 is 0. The Morgan fingerprint density at radius 1 is 1.17 bits per heavy atom. The summed E-state index contributed by atoms with van der Waals surface area (Å²) < 4.78 is 9.09. The largest absolute Gasteiger partial charge is 0.469 e. The third-order valence-electron chi connectivity index (χ3n) is 5.62. The Kier molecular flexibility index (Phi) is 3.68. The van der Waals surface area contributed by atoms with Crippen LogP contribution in [0, 0.1) is 0 Å². The Morgan fingerprint density at radius 3 is 2.83 bits per heavy atom. The standard InChI is InChI=1S/C18H27N4O/c1-22(10-3-2-4-11-22)12-13-23-18-17(19)16-9-8-14-6-5-7-15(14)21(16)20-18/h8-9H,2-7,10-13,19H2,1H3/q+1. The van der Waals surface area contributed by atoms with Gasteiger partial charge in [0.05, 0.1) is 25.7 Å². The molecule has 1 aliphatic heterocycles. The highest BCUT2D eigenvalue weighted by Crippen LogP contribution is 2.30. The molecule has 0 atom stereocenters. The van der Waals surface area contributed by atoms with Crippen LogP contribution in [0.25, 0.3) is 5.52 Å². The Balaban J connectivity index is 1.50. The molecule has 1 fully saturated rings. The number of nitrogens with two attached hydrogens (primary N) is 1. The molecule has 5 heteroatoms. The predicted molar refractivity (Wildman–Crippen MR) is 91.8 cm³/mol. The lowest BCUT2D eigenvalue weighted by molar-refractivity contribution is -0.914. The van der Waals surface area contributed by atoms with Gasteiger partial charge in [-0.3, -0.25) is 0 Å². The minimum atomic E-state index is 0.605. The van der Waals surface area contributed by atoms with Gasteiger partial charge in [0.15, 0.2) is 0 Å². The lowest BCUT2D eigenvalue weighted by Gasteiger charge is -2.37. The topological polar surface area (TPSA) is 52.5 Å². The van der Waals surface area contributed by atoms with E-state index < -0.39 is 0 Å². The van der Waals surface area contributed by atoms with E-state index in [1.807, 2.05) is 4.52 Å². The molecule has 2 N–H and O–H groups in total. The van der Waals surface area contributed by atoms with Crippen molar-refractivity contribution in [2.24, 2.45) is 0 Å². The van der Waals surface area contributed by atoms with Crippen molar-refractivity contribution in [2.75, 3.05) is 39.0 Å². The first-order valence-electron chi connectivity index (χ1n) is 8.92. The van der Waals surface area contributed by atoms with E-state index in [0.717, 1.165) is 29.4 Å². The quantitative estimate of drug-likeness (QED) is 0.882. The normalized spacial score (nSPS) is 19.9. The molecule has 124 valence electrons. The smallest absolute Gasteiger partial charge is 0.257 e. The minimum absolute atomic E-state index is 0.605. The number of likely N-dealkylation sites (tertiary alicyclic amines) is 1. The van der Waals surface area contributed by atoms with E-state index in [9.17, 15) is 0 Å². The van der Waals surface area contributed by atoms with Crippen LogP contribution < -0.4 is 10.5 Å². The Morgan fingerprint density at radius 2 is 2.00 bits per heavy atom. The fraction of sp³-hybridized carbons (Fsp3) is 0.611. The van der Waals surface area contributed by atoms with Crippen molar-refractivity contribution in [3.8, 4) is 5.88 Å². The number of ether oxygens (including phenoxy) is 1. The van der Waals surface area contributed by atoms with Crippen molar-refractivity contribution in [1.82, 2.24) is 9.61 Å². The number of piperidine rings is 1. The van der Waals surface area contributed by atoms with Crippen molar-refractivity contribution in [3.63, 3.8) is 0 Å². The van der Waals surface area contributed by atoms with Gasteiger partial charge in [-0.15, -0.1) is 5.10 Å². The molecule has 0 aromatic carbocycles. The van der Waals surface area contributed by atoms with Crippen LogP contribution in [0.4, 0.5) is 5.69 Å². The maximum atomic E-state index is 6.27.